The molecule has 2 heterocycles. The normalized spacial score (nSPS) is 14.5. The van der Waals surface area contributed by atoms with Crippen LogP contribution in [0.1, 0.15) is 35.0 Å². The maximum absolute atomic E-state index is 5.84. The summed E-state index contributed by atoms with van der Waals surface area (Å²) in [5, 5.41) is 1.09. The molecule has 1 fully saturated rings. The molecule has 5 heteroatoms. The molecule has 0 unspecified atom stereocenters. The topological polar surface area (TPSA) is 55.0 Å². The Morgan fingerprint density at radius 3 is 2.90 bits per heavy atom. The molecule has 3 rings (SSSR count). The van der Waals surface area contributed by atoms with Crippen LogP contribution in [0.25, 0.3) is 0 Å². The first kappa shape index (κ1) is 13.5. The van der Waals surface area contributed by atoms with Crippen LogP contribution in [0.3, 0.4) is 0 Å². The first-order valence-electron chi connectivity index (χ1n) is 7.08. The Hall–Kier alpha value is -1.46. The molecule has 0 atom stereocenters. The van der Waals surface area contributed by atoms with Crippen LogP contribution in [0.5, 0.6) is 0 Å². The van der Waals surface area contributed by atoms with Crippen molar-refractivity contribution in [1.29, 1.82) is 0 Å². The molecular weight excluding hydrogens is 268 g/mol. The Bertz CT molecular complexity index is 563. The number of nitrogens with zero attached hydrogens (tertiary/aromatic N) is 3. The fourth-order valence-corrected chi connectivity index (χ4v) is 3.27. The van der Waals surface area contributed by atoms with Gasteiger partial charge in [-0.2, -0.15) is 0 Å². The second-order valence-electron chi connectivity index (χ2n) is 5.28. The average Bonchev–Trinajstić information content (AvgIpc) is 3.24. The molecule has 0 amide bonds. The Labute approximate surface area is 123 Å². The lowest BCUT2D eigenvalue weighted by Gasteiger charge is -2.15. The SMILES string of the molecule is CN(CCc1ccccn1)c1nc(C2CC2)c(CN)s1. The maximum Gasteiger partial charge on any atom is 0.185 e. The van der Waals surface area contributed by atoms with E-state index < -0.39 is 0 Å². The number of nitrogens with two attached hydrogens (primary N) is 1. The molecule has 1 saturated carbocycles. The van der Waals surface area contributed by atoms with Gasteiger partial charge in [-0.15, -0.1) is 11.3 Å². The second kappa shape index (κ2) is 5.89. The maximum atomic E-state index is 5.84. The summed E-state index contributed by atoms with van der Waals surface area (Å²) in [6, 6.07) is 6.05. The van der Waals surface area contributed by atoms with Gasteiger partial charge in [0.25, 0.3) is 0 Å². The zero-order valence-electron chi connectivity index (χ0n) is 11.7. The molecule has 0 radical (unpaired) electrons. The number of aromatic nitrogens is 2. The lowest BCUT2D eigenvalue weighted by atomic mass is 10.2. The second-order valence-corrected chi connectivity index (χ2v) is 6.34. The zero-order chi connectivity index (χ0) is 13.9. The van der Waals surface area contributed by atoms with E-state index in [1.165, 1.54) is 23.4 Å². The summed E-state index contributed by atoms with van der Waals surface area (Å²) in [6.07, 6.45) is 5.33. The largest absolute Gasteiger partial charge is 0.351 e. The average molecular weight is 288 g/mol. The van der Waals surface area contributed by atoms with E-state index in [9.17, 15) is 0 Å². The third-order valence-corrected chi connectivity index (χ3v) is 4.83. The van der Waals surface area contributed by atoms with Gasteiger partial charge in [-0.3, -0.25) is 4.98 Å². The molecular formula is C15H20N4S. The molecule has 0 saturated heterocycles. The van der Waals surface area contributed by atoms with E-state index in [1.807, 2.05) is 18.3 Å². The first-order valence-corrected chi connectivity index (χ1v) is 7.90. The summed E-state index contributed by atoms with van der Waals surface area (Å²) in [5.41, 5.74) is 8.21. The highest BCUT2D eigenvalue weighted by Crippen LogP contribution is 2.43. The molecule has 1 aliphatic carbocycles. The zero-order valence-corrected chi connectivity index (χ0v) is 12.6. The number of pyridine rings is 1. The van der Waals surface area contributed by atoms with Gasteiger partial charge in [0.2, 0.25) is 0 Å². The third kappa shape index (κ3) is 2.99. The Kier molecular flexibility index (Phi) is 3.98. The van der Waals surface area contributed by atoms with E-state index in [0.29, 0.717) is 12.5 Å². The van der Waals surface area contributed by atoms with Crippen LogP contribution in [0.4, 0.5) is 5.13 Å². The fourth-order valence-electron chi connectivity index (χ4n) is 2.26. The Balaban J connectivity index is 1.66. The van der Waals surface area contributed by atoms with Gasteiger partial charge in [-0.25, -0.2) is 4.98 Å². The van der Waals surface area contributed by atoms with E-state index >= 15 is 0 Å². The predicted molar refractivity (Wildman–Crippen MR) is 83.2 cm³/mol. The van der Waals surface area contributed by atoms with Gasteiger partial charge in [0.15, 0.2) is 5.13 Å². The van der Waals surface area contributed by atoms with E-state index in [2.05, 4.69) is 23.0 Å². The molecule has 2 aromatic rings. The van der Waals surface area contributed by atoms with Crippen LogP contribution in [0, 0.1) is 0 Å². The smallest absolute Gasteiger partial charge is 0.185 e. The van der Waals surface area contributed by atoms with Crippen LogP contribution >= 0.6 is 11.3 Å². The van der Waals surface area contributed by atoms with Crippen LogP contribution in [-0.2, 0) is 13.0 Å². The van der Waals surface area contributed by atoms with Crippen LogP contribution < -0.4 is 10.6 Å². The van der Waals surface area contributed by atoms with Crippen LogP contribution in [0.2, 0.25) is 0 Å². The first-order chi connectivity index (χ1) is 9.78. The summed E-state index contributed by atoms with van der Waals surface area (Å²) in [4.78, 5) is 12.6. The molecule has 2 aromatic heterocycles. The number of hydrogen-bond donors (Lipinski definition) is 1. The number of anilines is 1. The summed E-state index contributed by atoms with van der Waals surface area (Å²) in [7, 11) is 2.10. The summed E-state index contributed by atoms with van der Waals surface area (Å²) >= 11 is 1.74. The minimum absolute atomic E-state index is 0.609. The monoisotopic (exact) mass is 288 g/mol. The van der Waals surface area contributed by atoms with Gasteiger partial charge in [-0.1, -0.05) is 6.07 Å². The molecule has 0 aromatic carbocycles. The van der Waals surface area contributed by atoms with E-state index in [1.54, 1.807) is 11.3 Å². The number of thiazole rings is 1. The van der Waals surface area contributed by atoms with Crippen molar-refractivity contribution >= 4 is 16.5 Å². The number of likely N-dealkylation sites (N-methyl/N-ethyl adjacent to an activating group) is 1. The van der Waals surface area contributed by atoms with Crippen molar-refractivity contribution in [2.75, 3.05) is 18.5 Å². The van der Waals surface area contributed by atoms with Gasteiger partial charge >= 0.3 is 0 Å². The Morgan fingerprint density at radius 1 is 1.40 bits per heavy atom. The van der Waals surface area contributed by atoms with Gasteiger partial charge in [0.1, 0.15) is 0 Å². The molecule has 0 bridgehead atoms. The number of rotatable bonds is 6. The number of hydrogen-bond acceptors (Lipinski definition) is 5. The highest BCUT2D eigenvalue weighted by Gasteiger charge is 2.29. The van der Waals surface area contributed by atoms with Gasteiger partial charge in [0, 0.05) is 49.2 Å². The fraction of sp³-hybridized carbons (Fsp3) is 0.467. The van der Waals surface area contributed by atoms with E-state index in [0.717, 1.165) is 23.8 Å². The van der Waals surface area contributed by atoms with Crippen molar-refractivity contribution in [2.45, 2.75) is 31.7 Å². The summed E-state index contributed by atoms with van der Waals surface area (Å²) in [5.74, 6) is 0.669. The van der Waals surface area contributed by atoms with E-state index in [4.69, 9.17) is 10.7 Å². The molecule has 2 N–H and O–H groups in total. The van der Waals surface area contributed by atoms with Gasteiger partial charge in [0.05, 0.1) is 5.69 Å². The third-order valence-electron chi connectivity index (χ3n) is 3.62. The molecule has 1 aliphatic rings. The van der Waals surface area contributed by atoms with Crippen molar-refractivity contribution < 1.29 is 0 Å². The van der Waals surface area contributed by atoms with Crippen molar-refractivity contribution in [2.24, 2.45) is 5.73 Å². The van der Waals surface area contributed by atoms with Crippen molar-refractivity contribution in [3.63, 3.8) is 0 Å². The van der Waals surface area contributed by atoms with Crippen molar-refractivity contribution in [3.8, 4) is 0 Å². The van der Waals surface area contributed by atoms with Gasteiger partial charge < -0.3 is 10.6 Å². The lowest BCUT2D eigenvalue weighted by molar-refractivity contribution is 0.843. The van der Waals surface area contributed by atoms with Crippen LogP contribution in [0.15, 0.2) is 24.4 Å². The summed E-state index contributed by atoms with van der Waals surface area (Å²) < 4.78 is 0. The summed E-state index contributed by atoms with van der Waals surface area (Å²) in [6.45, 7) is 1.54. The highest BCUT2D eigenvalue weighted by molar-refractivity contribution is 7.15. The predicted octanol–water partition coefficient (Wildman–Crippen LogP) is 2.55. The molecule has 4 nitrogen and oxygen atoms in total. The van der Waals surface area contributed by atoms with Crippen molar-refractivity contribution in [3.05, 3.63) is 40.7 Å². The van der Waals surface area contributed by atoms with Crippen LogP contribution in [-0.4, -0.2) is 23.6 Å². The molecule has 0 spiro atoms. The van der Waals surface area contributed by atoms with Crippen molar-refractivity contribution in [1.82, 2.24) is 9.97 Å². The molecule has 20 heavy (non-hydrogen) atoms. The molecule has 106 valence electrons. The highest BCUT2D eigenvalue weighted by atomic mass is 32.1. The minimum atomic E-state index is 0.609. The quantitative estimate of drug-likeness (QED) is 0.887. The standard InChI is InChI=1S/C15H20N4S/c1-19(9-7-12-4-2-3-8-17-12)15-18-14(11-5-6-11)13(10-16)20-15/h2-4,8,11H,5-7,9-10,16H2,1H3. The molecule has 0 aliphatic heterocycles. The Morgan fingerprint density at radius 2 is 2.25 bits per heavy atom. The lowest BCUT2D eigenvalue weighted by Crippen LogP contribution is -2.20. The van der Waals surface area contributed by atoms with E-state index in [-0.39, 0.29) is 0 Å². The van der Waals surface area contributed by atoms with Gasteiger partial charge in [-0.05, 0) is 25.0 Å². The minimum Gasteiger partial charge on any atom is -0.351 e.